The predicted octanol–water partition coefficient (Wildman–Crippen LogP) is 2.90. The fourth-order valence-electron chi connectivity index (χ4n) is 2.67. The predicted molar refractivity (Wildman–Crippen MR) is 96.8 cm³/mol. The number of nitrogens with zero attached hydrogens (tertiary/aromatic N) is 1. The molecule has 1 aromatic carbocycles. The molecule has 0 aliphatic rings. The lowest BCUT2D eigenvalue weighted by atomic mass is 9.89. The third-order valence-electron chi connectivity index (χ3n) is 4.09. The zero-order valence-electron chi connectivity index (χ0n) is 16.2. The van der Waals surface area contributed by atoms with Crippen LogP contribution in [0, 0.1) is 10.8 Å². The van der Waals surface area contributed by atoms with Gasteiger partial charge in [-0.15, -0.1) is 0 Å². The number of methoxy groups -OCH3 is 3. The second-order valence-corrected chi connectivity index (χ2v) is 7.31. The van der Waals surface area contributed by atoms with E-state index in [-0.39, 0.29) is 11.9 Å². The number of hydrogen-bond donors (Lipinski definition) is 0. The fraction of sp³-hybridized carbons (Fsp3) is 0.579. The van der Waals surface area contributed by atoms with Crippen molar-refractivity contribution < 1.29 is 23.8 Å². The molecule has 0 atom stereocenters. The molecule has 0 N–H and O–H groups in total. The van der Waals surface area contributed by atoms with E-state index < -0.39 is 10.8 Å². The Hall–Kier alpha value is -2.24. The Bertz CT molecular complexity index is 562. The van der Waals surface area contributed by atoms with Crippen molar-refractivity contribution in [3.63, 3.8) is 0 Å². The summed E-state index contributed by atoms with van der Waals surface area (Å²) in [5.41, 5.74) is -0.586. The fourth-order valence-corrected chi connectivity index (χ4v) is 2.67. The Morgan fingerprint density at radius 2 is 1.24 bits per heavy atom. The normalized spacial score (nSPS) is 11.6. The van der Waals surface area contributed by atoms with Crippen molar-refractivity contribution in [1.29, 1.82) is 0 Å². The molecule has 0 radical (unpaired) electrons. The maximum Gasteiger partial charge on any atom is 0.313 e. The maximum atomic E-state index is 12.1. The molecule has 140 valence electrons. The summed E-state index contributed by atoms with van der Waals surface area (Å²) >= 11 is 0. The summed E-state index contributed by atoms with van der Waals surface area (Å²) in [5, 5.41) is 0. The Morgan fingerprint density at radius 1 is 0.840 bits per heavy atom. The van der Waals surface area contributed by atoms with Gasteiger partial charge in [-0.05, 0) is 52.0 Å². The van der Waals surface area contributed by atoms with Gasteiger partial charge in [0.1, 0.15) is 5.75 Å². The summed E-state index contributed by atoms with van der Waals surface area (Å²) in [6, 6.07) is 7.50. The SMILES string of the molecule is COC(=O)C(C)(C)CN(CC(C)(C)C(=O)OC)c1ccc(OC)cc1. The molecule has 0 saturated heterocycles. The highest BCUT2D eigenvalue weighted by molar-refractivity contribution is 5.78. The van der Waals surface area contributed by atoms with Crippen LogP contribution in [-0.4, -0.2) is 46.4 Å². The van der Waals surface area contributed by atoms with Gasteiger partial charge in [0, 0.05) is 18.8 Å². The minimum Gasteiger partial charge on any atom is -0.497 e. The third kappa shape index (κ3) is 5.37. The molecule has 0 spiro atoms. The first-order valence-electron chi connectivity index (χ1n) is 8.13. The van der Waals surface area contributed by atoms with Gasteiger partial charge in [0.15, 0.2) is 0 Å². The molecule has 25 heavy (non-hydrogen) atoms. The summed E-state index contributed by atoms with van der Waals surface area (Å²) in [7, 11) is 4.36. The zero-order valence-corrected chi connectivity index (χ0v) is 16.2. The highest BCUT2D eigenvalue weighted by atomic mass is 16.5. The Morgan fingerprint density at radius 3 is 1.56 bits per heavy atom. The lowest BCUT2D eigenvalue weighted by molar-refractivity contribution is -0.150. The van der Waals surface area contributed by atoms with Gasteiger partial charge in [0.05, 0.1) is 32.2 Å². The number of rotatable bonds is 8. The van der Waals surface area contributed by atoms with Crippen LogP contribution in [0.1, 0.15) is 27.7 Å². The lowest BCUT2D eigenvalue weighted by Gasteiger charge is -2.36. The highest BCUT2D eigenvalue weighted by Crippen LogP contribution is 2.29. The van der Waals surface area contributed by atoms with Crippen LogP contribution in [0.5, 0.6) is 5.75 Å². The summed E-state index contributed by atoms with van der Waals surface area (Å²) in [5.74, 6) is 0.131. The molecule has 6 heteroatoms. The molecule has 0 fully saturated rings. The molecule has 0 aromatic heterocycles. The second-order valence-electron chi connectivity index (χ2n) is 7.31. The number of esters is 2. The molecule has 6 nitrogen and oxygen atoms in total. The van der Waals surface area contributed by atoms with E-state index >= 15 is 0 Å². The summed E-state index contributed by atoms with van der Waals surface area (Å²) in [6.45, 7) is 8.07. The first-order chi connectivity index (χ1) is 11.6. The minimum atomic E-state index is -0.735. The molecular weight excluding hydrogens is 322 g/mol. The van der Waals surface area contributed by atoms with Crippen molar-refractivity contribution >= 4 is 17.6 Å². The van der Waals surface area contributed by atoms with Gasteiger partial charge in [0.2, 0.25) is 0 Å². The smallest absolute Gasteiger partial charge is 0.313 e. The average Bonchev–Trinajstić information content (AvgIpc) is 2.59. The van der Waals surface area contributed by atoms with Gasteiger partial charge in [-0.3, -0.25) is 9.59 Å². The summed E-state index contributed by atoms with van der Waals surface area (Å²) < 4.78 is 15.0. The number of ether oxygens (including phenoxy) is 3. The van der Waals surface area contributed by atoms with Gasteiger partial charge < -0.3 is 19.1 Å². The first-order valence-corrected chi connectivity index (χ1v) is 8.13. The molecule has 0 bridgehead atoms. The van der Waals surface area contributed by atoms with E-state index in [2.05, 4.69) is 0 Å². The number of hydrogen-bond acceptors (Lipinski definition) is 6. The van der Waals surface area contributed by atoms with Crippen molar-refractivity contribution in [3.05, 3.63) is 24.3 Å². The van der Waals surface area contributed by atoms with Crippen LogP contribution in [0.3, 0.4) is 0 Å². The molecule has 0 amide bonds. The molecule has 0 aliphatic carbocycles. The third-order valence-corrected chi connectivity index (χ3v) is 4.09. The standard InChI is InChI=1S/C19H29NO5/c1-18(2,16(21)24-6)12-20(13-19(3,4)17(22)25-7)14-8-10-15(23-5)11-9-14/h8-11H,12-13H2,1-7H3. The van der Waals surface area contributed by atoms with E-state index in [4.69, 9.17) is 14.2 Å². The number of carbonyl (C=O) groups is 2. The van der Waals surface area contributed by atoms with Crippen LogP contribution in [0.4, 0.5) is 5.69 Å². The number of benzene rings is 1. The van der Waals surface area contributed by atoms with Crippen LogP contribution < -0.4 is 9.64 Å². The topological polar surface area (TPSA) is 65.1 Å². The van der Waals surface area contributed by atoms with Gasteiger partial charge >= 0.3 is 11.9 Å². The lowest BCUT2D eigenvalue weighted by Crippen LogP contribution is -2.46. The van der Waals surface area contributed by atoms with Gasteiger partial charge in [-0.25, -0.2) is 0 Å². The monoisotopic (exact) mass is 351 g/mol. The Labute approximate surface area is 150 Å². The van der Waals surface area contributed by atoms with E-state index in [1.54, 1.807) is 7.11 Å². The number of carbonyl (C=O) groups excluding carboxylic acids is 2. The van der Waals surface area contributed by atoms with Crippen LogP contribution in [-0.2, 0) is 19.1 Å². The quantitative estimate of drug-likeness (QED) is 0.671. The van der Waals surface area contributed by atoms with E-state index in [0.717, 1.165) is 11.4 Å². The van der Waals surface area contributed by atoms with Crippen LogP contribution in [0.2, 0.25) is 0 Å². The van der Waals surface area contributed by atoms with Gasteiger partial charge in [-0.2, -0.15) is 0 Å². The second kappa shape index (κ2) is 8.23. The summed E-state index contributed by atoms with van der Waals surface area (Å²) in [4.78, 5) is 26.2. The van der Waals surface area contributed by atoms with Crippen molar-refractivity contribution in [1.82, 2.24) is 0 Å². The molecule has 0 unspecified atom stereocenters. The molecule has 1 aromatic rings. The van der Waals surface area contributed by atoms with Crippen LogP contribution >= 0.6 is 0 Å². The van der Waals surface area contributed by atoms with Crippen molar-refractivity contribution in [2.75, 3.05) is 39.3 Å². The minimum absolute atomic E-state index is 0.304. The van der Waals surface area contributed by atoms with Crippen molar-refractivity contribution in [2.45, 2.75) is 27.7 Å². The Kier molecular flexibility index (Phi) is 6.85. The van der Waals surface area contributed by atoms with Crippen molar-refractivity contribution in [3.8, 4) is 5.75 Å². The Balaban J connectivity index is 3.17. The van der Waals surface area contributed by atoms with E-state index in [1.807, 2.05) is 56.9 Å². The van der Waals surface area contributed by atoms with E-state index in [9.17, 15) is 9.59 Å². The average molecular weight is 351 g/mol. The first kappa shape index (κ1) is 20.8. The van der Waals surface area contributed by atoms with Gasteiger partial charge in [0.25, 0.3) is 0 Å². The van der Waals surface area contributed by atoms with E-state index in [1.165, 1.54) is 14.2 Å². The molecular formula is C19H29NO5. The maximum absolute atomic E-state index is 12.1. The molecule has 0 heterocycles. The summed E-state index contributed by atoms with van der Waals surface area (Å²) in [6.07, 6.45) is 0. The largest absolute Gasteiger partial charge is 0.497 e. The molecule has 1 rings (SSSR count). The molecule has 0 saturated carbocycles. The van der Waals surface area contributed by atoms with Crippen molar-refractivity contribution in [2.24, 2.45) is 10.8 Å². The van der Waals surface area contributed by atoms with Crippen LogP contribution in [0.15, 0.2) is 24.3 Å². The highest BCUT2D eigenvalue weighted by Gasteiger charge is 2.36. The molecule has 0 aliphatic heterocycles. The van der Waals surface area contributed by atoms with Gasteiger partial charge in [-0.1, -0.05) is 0 Å². The van der Waals surface area contributed by atoms with Crippen LogP contribution in [0.25, 0.3) is 0 Å². The van der Waals surface area contributed by atoms with E-state index in [0.29, 0.717) is 13.1 Å². The zero-order chi connectivity index (χ0) is 19.3. The number of anilines is 1.